The van der Waals surface area contributed by atoms with E-state index in [4.69, 9.17) is 18.5 Å². The van der Waals surface area contributed by atoms with E-state index < -0.39 is 13.9 Å². The van der Waals surface area contributed by atoms with Crippen LogP contribution in [0.15, 0.2) is 60.8 Å². The van der Waals surface area contributed by atoms with Gasteiger partial charge in [0.2, 0.25) is 0 Å². The minimum absolute atomic E-state index is 0.0222. The number of unbranched alkanes of at least 4 members (excludes halogenated alkanes) is 28. The van der Waals surface area contributed by atoms with Crippen molar-refractivity contribution in [2.24, 2.45) is 0 Å². The van der Waals surface area contributed by atoms with Crippen LogP contribution in [0.3, 0.4) is 0 Å². The number of likely N-dealkylation sites (N-methyl/N-ethyl adjacent to an activating group) is 1. The zero-order chi connectivity index (χ0) is 49.0. The van der Waals surface area contributed by atoms with Gasteiger partial charge in [0.25, 0.3) is 7.82 Å². The Hall–Kier alpha value is -1.80. The van der Waals surface area contributed by atoms with Crippen LogP contribution in [0.25, 0.3) is 0 Å². The number of hydrogen-bond donors (Lipinski definition) is 0. The Labute approximate surface area is 415 Å². The number of allylic oxidation sites excluding steroid dienone is 10. The molecule has 0 bridgehead atoms. The molecule has 0 aliphatic heterocycles. The lowest BCUT2D eigenvalue weighted by atomic mass is 10.0. The van der Waals surface area contributed by atoms with Crippen molar-refractivity contribution in [3.63, 3.8) is 0 Å². The van der Waals surface area contributed by atoms with Gasteiger partial charge in [0, 0.05) is 13.0 Å². The highest BCUT2D eigenvalue weighted by Crippen LogP contribution is 2.38. The summed E-state index contributed by atoms with van der Waals surface area (Å²) < 4.78 is 34.8. The average molecular weight is 962 g/mol. The quantitative estimate of drug-likeness (QED) is 0.0197. The molecule has 8 nitrogen and oxygen atoms in total. The standard InChI is InChI=1S/C58H108NO7P/c1-6-8-10-12-14-16-18-20-22-24-26-28-29-30-31-32-33-35-37-39-41-43-45-47-49-51-58(60)66-57(56-65-67(61,62)64-54-52-59(3,4)5)55-63-53-50-48-46-44-42-40-38-36-34-27-25-23-21-19-17-15-13-11-9-7-2/h9,11,15,17,21,23-24,26-27,34,57H,6-8,10,12-14,16,18-20,22,25,28-33,35-56H2,1-5H3/b11-9-,17-15-,23-21-,26-24-,34-27-. The molecule has 0 aromatic carbocycles. The van der Waals surface area contributed by atoms with Crippen LogP contribution in [0, 0.1) is 0 Å². The molecule has 0 aromatic heterocycles. The molecule has 2 unspecified atom stereocenters. The van der Waals surface area contributed by atoms with E-state index >= 15 is 0 Å². The summed E-state index contributed by atoms with van der Waals surface area (Å²) in [6.45, 7) is 5.30. The maximum atomic E-state index is 12.8. The molecule has 2 atom stereocenters. The first-order valence-corrected chi connectivity index (χ1v) is 29.5. The maximum Gasteiger partial charge on any atom is 0.306 e. The lowest BCUT2D eigenvalue weighted by Crippen LogP contribution is -2.37. The first-order chi connectivity index (χ1) is 32.6. The number of carbonyl (C=O) groups is 1. The van der Waals surface area contributed by atoms with E-state index in [1.54, 1.807) is 0 Å². The number of ether oxygens (including phenoxy) is 2. The number of hydrogen-bond acceptors (Lipinski definition) is 7. The highest BCUT2D eigenvalue weighted by molar-refractivity contribution is 7.45. The van der Waals surface area contributed by atoms with E-state index in [1.165, 1.54) is 154 Å². The lowest BCUT2D eigenvalue weighted by molar-refractivity contribution is -0.870. The van der Waals surface area contributed by atoms with E-state index in [2.05, 4.69) is 74.6 Å². The van der Waals surface area contributed by atoms with Crippen molar-refractivity contribution in [3.05, 3.63) is 60.8 Å². The highest BCUT2D eigenvalue weighted by Gasteiger charge is 2.20. The number of phosphoric acid groups is 1. The molecule has 0 heterocycles. The van der Waals surface area contributed by atoms with E-state index in [-0.39, 0.29) is 25.8 Å². The fourth-order valence-corrected chi connectivity index (χ4v) is 8.50. The number of carbonyl (C=O) groups excluding carboxylic acids is 1. The minimum Gasteiger partial charge on any atom is -0.756 e. The average Bonchev–Trinajstić information content (AvgIpc) is 3.29. The lowest BCUT2D eigenvalue weighted by Gasteiger charge is -2.28. The van der Waals surface area contributed by atoms with Gasteiger partial charge in [-0.15, -0.1) is 0 Å². The van der Waals surface area contributed by atoms with E-state index in [0.717, 1.165) is 70.6 Å². The third kappa shape index (κ3) is 55.0. The van der Waals surface area contributed by atoms with E-state index in [1.807, 2.05) is 21.1 Å². The molecule has 9 heteroatoms. The minimum atomic E-state index is -4.54. The molecule has 0 N–H and O–H groups in total. The van der Waals surface area contributed by atoms with Gasteiger partial charge in [-0.1, -0.05) is 222 Å². The Morgan fingerprint density at radius 1 is 0.478 bits per heavy atom. The summed E-state index contributed by atoms with van der Waals surface area (Å²) in [5.41, 5.74) is 0. The number of quaternary nitrogens is 1. The Kier molecular flexibility index (Phi) is 49.2. The molecule has 0 saturated heterocycles. The third-order valence-corrected chi connectivity index (χ3v) is 13.0. The normalized spacial score (nSPS) is 13.9. The largest absolute Gasteiger partial charge is 0.756 e. The molecule has 0 aliphatic rings. The van der Waals surface area contributed by atoms with Crippen molar-refractivity contribution in [1.29, 1.82) is 0 Å². The fraction of sp³-hybridized carbons (Fsp3) is 0.810. The van der Waals surface area contributed by atoms with Crippen LogP contribution < -0.4 is 4.89 Å². The topological polar surface area (TPSA) is 94.1 Å². The summed E-state index contributed by atoms with van der Waals surface area (Å²) in [7, 11) is 1.35. The van der Waals surface area contributed by atoms with Crippen LogP contribution in [-0.2, 0) is 27.9 Å². The molecule has 67 heavy (non-hydrogen) atoms. The van der Waals surface area contributed by atoms with Crippen molar-refractivity contribution in [2.45, 2.75) is 251 Å². The fourth-order valence-electron chi connectivity index (χ4n) is 7.77. The molecule has 0 saturated carbocycles. The van der Waals surface area contributed by atoms with E-state index in [0.29, 0.717) is 24.1 Å². The molecule has 392 valence electrons. The zero-order valence-electron chi connectivity index (χ0n) is 44.6. The molecule has 0 spiro atoms. The predicted molar refractivity (Wildman–Crippen MR) is 286 cm³/mol. The van der Waals surface area contributed by atoms with Crippen molar-refractivity contribution < 1.29 is 37.3 Å². The Bertz CT molecular complexity index is 1260. The van der Waals surface area contributed by atoms with Crippen LogP contribution in [0.4, 0.5) is 0 Å². The van der Waals surface area contributed by atoms with Gasteiger partial charge >= 0.3 is 5.97 Å². The second kappa shape index (κ2) is 50.6. The molecule has 0 fully saturated rings. The molecule has 0 aromatic rings. The summed E-state index contributed by atoms with van der Waals surface area (Å²) >= 11 is 0. The molecular formula is C58H108NO7P. The van der Waals surface area contributed by atoms with Crippen LogP contribution in [0.2, 0.25) is 0 Å². The van der Waals surface area contributed by atoms with Gasteiger partial charge in [0.05, 0.1) is 34.4 Å². The van der Waals surface area contributed by atoms with Crippen LogP contribution in [-0.4, -0.2) is 70.7 Å². The molecule has 0 aliphatic carbocycles. The first kappa shape index (κ1) is 65.2. The van der Waals surface area contributed by atoms with Crippen molar-refractivity contribution in [1.82, 2.24) is 0 Å². The first-order valence-electron chi connectivity index (χ1n) is 28.0. The Morgan fingerprint density at radius 2 is 0.866 bits per heavy atom. The smallest absolute Gasteiger partial charge is 0.306 e. The van der Waals surface area contributed by atoms with Gasteiger partial charge in [-0.3, -0.25) is 9.36 Å². The van der Waals surface area contributed by atoms with Gasteiger partial charge in [-0.2, -0.15) is 0 Å². The van der Waals surface area contributed by atoms with Gasteiger partial charge < -0.3 is 27.9 Å². The number of esters is 1. The zero-order valence-corrected chi connectivity index (χ0v) is 45.5. The molecule has 0 amide bonds. The summed E-state index contributed by atoms with van der Waals surface area (Å²) in [5, 5.41) is 0. The van der Waals surface area contributed by atoms with Gasteiger partial charge in [0.15, 0.2) is 0 Å². The Morgan fingerprint density at radius 3 is 1.31 bits per heavy atom. The van der Waals surface area contributed by atoms with Gasteiger partial charge in [0.1, 0.15) is 19.3 Å². The van der Waals surface area contributed by atoms with Gasteiger partial charge in [-0.25, -0.2) is 0 Å². The Balaban J connectivity index is 4.09. The molecule has 0 rings (SSSR count). The number of rotatable bonds is 52. The van der Waals surface area contributed by atoms with Crippen LogP contribution in [0.1, 0.15) is 245 Å². The van der Waals surface area contributed by atoms with Crippen LogP contribution in [0.5, 0.6) is 0 Å². The monoisotopic (exact) mass is 962 g/mol. The van der Waals surface area contributed by atoms with Gasteiger partial charge in [-0.05, 0) is 77.0 Å². The second-order valence-electron chi connectivity index (χ2n) is 19.9. The number of phosphoric ester groups is 1. The summed E-state index contributed by atoms with van der Waals surface area (Å²) in [6.07, 6.45) is 65.4. The molecular weight excluding hydrogens is 854 g/mol. The third-order valence-electron chi connectivity index (χ3n) is 12.1. The maximum absolute atomic E-state index is 12.8. The van der Waals surface area contributed by atoms with E-state index in [9.17, 15) is 14.3 Å². The van der Waals surface area contributed by atoms with Crippen molar-refractivity contribution in [2.75, 3.05) is 54.1 Å². The number of nitrogens with zero attached hydrogens (tertiary/aromatic N) is 1. The second-order valence-corrected chi connectivity index (χ2v) is 21.3. The SMILES string of the molecule is CC/C=C\C/C=C\C/C=C\C/C=C\CCCCCCCCCOCC(COP(=O)([O-])OCC[N+](C)(C)C)OC(=O)CCCCCCCCCCCCCCC/C=C\CCCCCCCCCC. The van der Waals surface area contributed by atoms with Crippen LogP contribution >= 0.6 is 7.82 Å². The highest BCUT2D eigenvalue weighted by atomic mass is 31.2. The summed E-state index contributed by atoms with van der Waals surface area (Å²) in [4.78, 5) is 25.2. The summed E-state index contributed by atoms with van der Waals surface area (Å²) in [5.74, 6) is -0.337. The van der Waals surface area contributed by atoms with Crippen molar-refractivity contribution in [3.8, 4) is 0 Å². The van der Waals surface area contributed by atoms with Crippen molar-refractivity contribution >= 4 is 13.8 Å². The predicted octanol–water partition coefficient (Wildman–Crippen LogP) is 17.0. The summed E-state index contributed by atoms with van der Waals surface area (Å²) in [6, 6.07) is 0. The molecule has 0 radical (unpaired) electrons.